The van der Waals surface area contributed by atoms with E-state index in [1.165, 1.54) is 16.5 Å². The molecule has 1 N–H and O–H groups in total. The minimum absolute atomic E-state index is 0.00513. The summed E-state index contributed by atoms with van der Waals surface area (Å²) in [4.78, 5) is 3.54. The van der Waals surface area contributed by atoms with Crippen LogP contribution in [0.15, 0.2) is 83.3 Å². The Labute approximate surface area is 163 Å². The summed E-state index contributed by atoms with van der Waals surface area (Å²) in [5.74, 6) is 1.79. The number of nitrogens with one attached hydrogen (secondary N) is 1. The van der Waals surface area contributed by atoms with Crippen LogP contribution in [0, 0.1) is 6.92 Å². The van der Waals surface area contributed by atoms with E-state index in [1.54, 1.807) is 7.11 Å². The first-order valence-corrected chi connectivity index (χ1v) is 9.44. The Kier molecular flexibility index (Phi) is 3.94. The molecule has 5 aromatic rings. The van der Waals surface area contributed by atoms with Crippen molar-refractivity contribution in [3.05, 3.63) is 101 Å². The maximum Gasteiger partial charge on any atom is 0.134 e. The van der Waals surface area contributed by atoms with Gasteiger partial charge in [-0.05, 0) is 48.4 Å². The van der Waals surface area contributed by atoms with Crippen LogP contribution in [0.1, 0.15) is 28.5 Å². The highest BCUT2D eigenvalue weighted by molar-refractivity contribution is 5.87. The number of para-hydroxylation sites is 2. The van der Waals surface area contributed by atoms with Gasteiger partial charge in [-0.1, -0.05) is 48.5 Å². The largest absolute Gasteiger partial charge is 0.497 e. The van der Waals surface area contributed by atoms with Crippen LogP contribution in [0.5, 0.6) is 5.75 Å². The van der Waals surface area contributed by atoms with Crippen molar-refractivity contribution in [1.82, 2.24) is 4.98 Å². The van der Waals surface area contributed by atoms with Gasteiger partial charge in [-0.15, -0.1) is 0 Å². The number of hydrogen-bond acceptors (Lipinski definition) is 2. The Bertz CT molecular complexity index is 1230. The van der Waals surface area contributed by atoms with Gasteiger partial charge in [0, 0.05) is 22.0 Å². The van der Waals surface area contributed by atoms with Crippen molar-refractivity contribution in [2.75, 3.05) is 7.11 Å². The normalized spacial score (nSPS) is 12.5. The van der Waals surface area contributed by atoms with E-state index < -0.39 is 0 Å². The summed E-state index contributed by atoms with van der Waals surface area (Å²) < 4.78 is 11.7. The molecular formula is C25H21NO2. The SMILES string of the molecule is COc1ccc(C(c2cc3ccccc3o2)c2c(C)[nH]c3ccccc23)cc1. The van der Waals surface area contributed by atoms with Crippen LogP contribution in [0.3, 0.4) is 0 Å². The third-order valence-electron chi connectivity index (χ3n) is 5.41. The number of ether oxygens (including phenoxy) is 1. The standard InChI is InChI=1S/C25H21NO2/c1-16-24(20-8-4-5-9-21(20)26-16)25(17-11-13-19(27-2)14-12-17)23-15-18-7-3-6-10-22(18)28-23/h3-15,25-26H,1-2H3. The van der Waals surface area contributed by atoms with Crippen LogP contribution in [-0.4, -0.2) is 12.1 Å². The molecule has 3 nitrogen and oxygen atoms in total. The summed E-state index contributed by atoms with van der Waals surface area (Å²) >= 11 is 0. The number of rotatable bonds is 4. The molecule has 5 rings (SSSR count). The summed E-state index contributed by atoms with van der Waals surface area (Å²) in [5, 5.41) is 2.34. The van der Waals surface area contributed by atoms with E-state index in [4.69, 9.17) is 9.15 Å². The van der Waals surface area contributed by atoms with Crippen molar-refractivity contribution in [2.45, 2.75) is 12.8 Å². The van der Waals surface area contributed by atoms with Gasteiger partial charge in [0.25, 0.3) is 0 Å². The summed E-state index contributed by atoms with van der Waals surface area (Å²) in [6, 6.07) is 27.0. The monoisotopic (exact) mass is 367 g/mol. The first-order valence-electron chi connectivity index (χ1n) is 9.44. The van der Waals surface area contributed by atoms with Crippen LogP contribution in [0.25, 0.3) is 21.9 Å². The zero-order valence-electron chi connectivity index (χ0n) is 15.9. The van der Waals surface area contributed by atoms with Crippen molar-refractivity contribution in [2.24, 2.45) is 0 Å². The van der Waals surface area contributed by atoms with E-state index in [9.17, 15) is 0 Å². The first-order chi connectivity index (χ1) is 13.7. The van der Waals surface area contributed by atoms with E-state index >= 15 is 0 Å². The molecule has 0 fully saturated rings. The molecule has 1 unspecified atom stereocenters. The molecule has 0 bridgehead atoms. The second kappa shape index (κ2) is 6.61. The van der Waals surface area contributed by atoms with Gasteiger partial charge in [-0.2, -0.15) is 0 Å². The number of hydrogen-bond donors (Lipinski definition) is 1. The smallest absolute Gasteiger partial charge is 0.134 e. The number of aromatic nitrogens is 1. The molecule has 0 amide bonds. The van der Waals surface area contributed by atoms with Gasteiger partial charge in [0.1, 0.15) is 17.1 Å². The average molecular weight is 367 g/mol. The second-order valence-corrected chi connectivity index (χ2v) is 7.10. The minimum Gasteiger partial charge on any atom is -0.497 e. The van der Waals surface area contributed by atoms with Gasteiger partial charge in [0.2, 0.25) is 0 Å². The lowest BCUT2D eigenvalue weighted by Gasteiger charge is -2.17. The van der Waals surface area contributed by atoms with Gasteiger partial charge in [-0.3, -0.25) is 0 Å². The number of methoxy groups -OCH3 is 1. The third kappa shape index (κ3) is 2.67. The van der Waals surface area contributed by atoms with Crippen LogP contribution in [0.2, 0.25) is 0 Å². The lowest BCUT2D eigenvalue weighted by Crippen LogP contribution is -2.03. The lowest BCUT2D eigenvalue weighted by atomic mass is 9.87. The fraction of sp³-hybridized carbons (Fsp3) is 0.120. The summed E-state index contributed by atoms with van der Waals surface area (Å²) in [5.41, 5.74) is 5.63. The molecule has 0 aliphatic heterocycles. The molecule has 0 aliphatic rings. The fourth-order valence-corrected chi connectivity index (χ4v) is 4.08. The predicted octanol–water partition coefficient (Wildman–Crippen LogP) is 6.41. The quantitative estimate of drug-likeness (QED) is 0.398. The molecule has 3 aromatic carbocycles. The van der Waals surface area contributed by atoms with Crippen molar-refractivity contribution in [3.63, 3.8) is 0 Å². The van der Waals surface area contributed by atoms with Crippen molar-refractivity contribution >= 4 is 21.9 Å². The summed E-state index contributed by atoms with van der Waals surface area (Å²) in [6.45, 7) is 2.13. The molecule has 28 heavy (non-hydrogen) atoms. The Hall–Kier alpha value is -3.46. The number of benzene rings is 3. The Morgan fingerprint density at radius 2 is 1.64 bits per heavy atom. The van der Waals surface area contributed by atoms with E-state index in [-0.39, 0.29) is 5.92 Å². The highest BCUT2D eigenvalue weighted by Gasteiger charge is 2.26. The molecule has 3 heteroatoms. The summed E-state index contributed by atoms with van der Waals surface area (Å²) in [7, 11) is 1.69. The zero-order valence-corrected chi connectivity index (χ0v) is 15.9. The van der Waals surface area contributed by atoms with Gasteiger partial charge < -0.3 is 14.1 Å². The van der Waals surface area contributed by atoms with Crippen LogP contribution in [-0.2, 0) is 0 Å². The highest BCUT2D eigenvalue weighted by atomic mass is 16.5. The highest BCUT2D eigenvalue weighted by Crippen LogP contribution is 2.40. The lowest BCUT2D eigenvalue weighted by molar-refractivity contribution is 0.414. The topological polar surface area (TPSA) is 38.2 Å². The maximum atomic E-state index is 6.32. The van der Waals surface area contributed by atoms with Gasteiger partial charge in [0.15, 0.2) is 0 Å². The van der Waals surface area contributed by atoms with Crippen LogP contribution >= 0.6 is 0 Å². The number of H-pyrrole nitrogens is 1. The van der Waals surface area contributed by atoms with Crippen LogP contribution < -0.4 is 4.74 Å². The van der Waals surface area contributed by atoms with Crippen molar-refractivity contribution < 1.29 is 9.15 Å². The van der Waals surface area contributed by atoms with E-state index in [0.29, 0.717) is 0 Å². The summed E-state index contributed by atoms with van der Waals surface area (Å²) in [6.07, 6.45) is 0. The first kappa shape index (κ1) is 16.7. The number of furan rings is 1. The van der Waals surface area contributed by atoms with E-state index in [2.05, 4.69) is 60.4 Å². The Morgan fingerprint density at radius 3 is 2.43 bits per heavy atom. The predicted molar refractivity (Wildman–Crippen MR) is 113 cm³/mol. The van der Waals surface area contributed by atoms with Gasteiger partial charge >= 0.3 is 0 Å². The van der Waals surface area contributed by atoms with Gasteiger partial charge in [0.05, 0.1) is 13.0 Å². The number of aryl methyl sites for hydroxylation is 1. The molecule has 0 spiro atoms. The molecule has 2 aromatic heterocycles. The average Bonchev–Trinajstić information content (AvgIpc) is 3.30. The molecule has 0 saturated carbocycles. The minimum atomic E-state index is -0.00513. The second-order valence-electron chi connectivity index (χ2n) is 7.10. The molecule has 0 aliphatic carbocycles. The van der Waals surface area contributed by atoms with Gasteiger partial charge in [-0.25, -0.2) is 0 Å². The molecule has 0 radical (unpaired) electrons. The molecule has 138 valence electrons. The zero-order chi connectivity index (χ0) is 19.1. The van der Waals surface area contributed by atoms with Crippen LogP contribution in [0.4, 0.5) is 0 Å². The number of fused-ring (bicyclic) bond motifs is 2. The Morgan fingerprint density at radius 1 is 0.893 bits per heavy atom. The molecule has 0 saturated heterocycles. The van der Waals surface area contributed by atoms with E-state index in [0.717, 1.165) is 33.7 Å². The molecular weight excluding hydrogens is 346 g/mol. The maximum absolute atomic E-state index is 6.32. The fourth-order valence-electron chi connectivity index (χ4n) is 4.08. The third-order valence-corrected chi connectivity index (χ3v) is 5.41. The molecule has 2 heterocycles. The Balaban J connectivity index is 1.77. The molecule has 1 atom stereocenters. The van der Waals surface area contributed by atoms with Crippen molar-refractivity contribution in [1.29, 1.82) is 0 Å². The number of aromatic amines is 1. The van der Waals surface area contributed by atoms with E-state index in [1.807, 2.05) is 30.3 Å². The van der Waals surface area contributed by atoms with Crippen molar-refractivity contribution in [3.8, 4) is 5.75 Å².